The van der Waals surface area contributed by atoms with Gasteiger partial charge in [-0.2, -0.15) is 0 Å². The van der Waals surface area contributed by atoms with E-state index in [-0.39, 0.29) is 23.5 Å². The third-order valence-electron chi connectivity index (χ3n) is 1.90. The zero-order chi connectivity index (χ0) is 12.3. The lowest BCUT2D eigenvalue weighted by molar-refractivity contribution is -0.383. The highest BCUT2D eigenvalue weighted by atomic mass is 16.6. The first-order chi connectivity index (χ1) is 7.47. The van der Waals surface area contributed by atoms with E-state index in [1.807, 2.05) is 0 Å². The topological polar surface area (TPSA) is 121 Å². The maximum Gasteiger partial charge on any atom is 0.338 e. The maximum atomic E-state index is 11.3. The van der Waals surface area contributed by atoms with Crippen LogP contribution < -0.4 is 11.5 Å². The second kappa shape index (κ2) is 4.47. The highest BCUT2D eigenvalue weighted by Gasteiger charge is 2.19. The SMILES string of the molecule is CCOC(=O)c1cc(N)c(N)c([N+](=O)[O-])c1. The summed E-state index contributed by atoms with van der Waals surface area (Å²) in [5, 5.41) is 10.6. The van der Waals surface area contributed by atoms with Gasteiger partial charge in [0.2, 0.25) is 0 Å². The molecule has 0 atom stereocenters. The second-order valence-corrected chi connectivity index (χ2v) is 2.98. The Morgan fingerprint density at radius 3 is 2.62 bits per heavy atom. The Kier molecular flexibility index (Phi) is 3.29. The number of anilines is 2. The Bertz CT molecular complexity index is 445. The minimum absolute atomic E-state index is 0.0141. The van der Waals surface area contributed by atoms with Crippen molar-refractivity contribution in [2.45, 2.75) is 6.92 Å². The molecular formula is C9H11N3O4. The average molecular weight is 225 g/mol. The minimum Gasteiger partial charge on any atom is -0.462 e. The first-order valence-corrected chi connectivity index (χ1v) is 4.47. The third-order valence-corrected chi connectivity index (χ3v) is 1.90. The number of nitrogen functional groups attached to an aromatic ring is 2. The average Bonchev–Trinajstić information content (AvgIpc) is 2.21. The summed E-state index contributed by atoms with van der Waals surface area (Å²) in [6.07, 6.45) is 0. The molecule has 16 heavy (non-hydrogen) atoms. The van der Waals surface area contributed by atoms with Gasteiger partial charge in [0.25, 0.3) is 5.69 Å². The number of carbonyl (C=O) groups excluding carboxylic acids is 1. The van der Waals surface area contributed by atoms with Crippen molar-refractivity contribution < 1.29 is 14.5 Å². The number of nitrogens with zero attached hydrogens (tertiary/aromatic N) is 1. The van der Waals surface area contributed by atoms with E-state index in [1.165, 1.54) is 6.07 Å². The molecule has 0 amide bonds. The first-order valence-electron chi connectivity index (χ1n) is 4.47. The number of ether oxygens (including phenoxy) is 1. The monoisotopic (exact) mass is 225 g/mol. The maximum absolute atomic E-state index is 11.3. The van der Waals surface area contributed by atoms with E-state index in [0.717, 1.165) is 6.07 Å². The summed E-state index contributed by atoms with van der Waals surface area (Å²) in [7, 11) is 0. The van der Waals surface area contributed by atoms with Crippen molar-refractivity contribution in [3.63, 3.8) is 0 Å². The Hall–Kier alpha value is -2.31. The van der Waals surface area contributed by atoms with Gasteiger partial charge in [0, 0.05) is 6.07 Å². The second-order valence-electron chi connectivity index (χ2n) is 2.98. The lowest BCUT2D eigenvalue weighted by Gasteiger charge is -2.05. The van der Waals surface area contributed by atoms with Gasteiger partial charge in [-0.15, -0.1) is 0 Å². The molecule has 0 aliphatic rings. The number of rotatable bonds is 3. The summed E-state index contributed by atoms with van der Waals surface area (Å²) < 4.78 is 4.70. The van der Waals surface area contributed by atoms with Crippen LogP contribution in [0.4, 0.5) is 17.1 Å². The molecule has 86 valence electrons. The van der Waals surface area contributed by atoms with Gasteiger partial charge in [0.15, 0.2) is 0 Å². The summed E-state index contributed by atoms with van der Waals surface area (Å²) in [4.78, 5) is 21.3. The van der Waals surface area contributed by atoms with E-state index in [9.17, 15) is 14.9 Å². The molecule has 0 aromatic heterocycles. The molecule has 4 N–H and O–H groups in total. The molecule has 0 aliphatic carbocycles. The van der Waals surface area contributed by atoms with Crippen LogP contribution in [0.1, 0.15) is 17.3 Å². The van der Waals surface area contributed by atoms with Crippen molar-refractivity contribution in [1.82, 2.24) is 0 Å². The normalized spacial score (nSPS) is 9.81. The molecule has 0 spiro atoms. The molecule has 0 bridgehead atoms. The zero-order valence-corrected chi connectivity index (χ0v) is 8.60. The van der Waals surface area contributed by atoms with Gasteiger partial charge >= 0.3 is 5.97 Å². The van der Waals surface area contributed by atoms with E-state index in [1.54, 1.807) is 6.92 Å². The van der Waals surface area contributed by atoms with E-state index in [2.05, 4.69) is 0 Å². The molecule has 0 heterocycles. The molecule has 1 rings (SSSR count). The number of hydrogen-bond donors (Lipinski definition) is 2. The summed E-state index contributed by atoms with van der Waals surface area (Å²) in [6.45, 7) is 1.81. The number of nitro groups is 1. The van der Waals surface area contributed by atoms with Crippen LogP contribution in [0.2, 0.25) is 0 Å². The van der Waals surface area contributed by atoms with Crippen LogP contribution in [-0.2, 0) is 4.74 Å². The number of esters is 1. The largest absolute Gasteiger partial charge is 0.462 e. The minimum atomic E-state index is -0.700. The number of nitrogens with two attached hydrogens (primary N) is 2. The van der Waals surface area contributed by atoms with Crippen LogP contribution in [0.3, 0.4) is 0 Å². The molecule has 0 radical (unpaired) electrons. The highest BCUT2D eigenvalue weighted by molar-refractivity contribution is 5.94. The van der Waals surface area contributed by atoms with Gasteiger partial charge in [-0.25, -0.2) is 4.79 Å². The first kappa shape index (κ1) is 11.8. The summed E-state index contributed by atoms with van der Waals surface area (Å²) in [5.41, 5.74) is 10.3. The number of carbonyl (C=O) groups is 1. The van der Waals surface area contributed by atoms with Gasteiger partial charge in [0.05, 0.1) is 22.8 Å². The fraction of sp³-hybridized carbons (Fsp3) is 0.222. The standard InChI is InChI=1S/C9H11N3O4/c1-2-16-9(13)5-3-6(10)8(11)7(4-5)12(14)15/h3-4H,2,10-11H2,1H3. The van der Waals surface area contributed by atoms with Crippen molar-refractivity contribution in [1.29, 1.82) is 0 Å². The quantitative estimate of drug-likeness (QED) is 0.341. The van der Waals surface area contributed by atoms with Crippen molar-refractivity contribution in [3.05, 3.63) is 27.8 Å². The van der Waals surface area contributed by atoms with Crippen LogP contribution >= 0.6 is 0 Å². The number of nitro benzene ring substituents is 1. The van der Waals surface area contributed by atoms with Crippen LogP contribution in [0, 0.1) is 10.1 Å². The van der Waals surface area contributed by atoms with Crippen LogP contribution in [0.15, 0.2) is 12.1 Å². The molecule has 0 aliphatic heterocycles. The molecular weight excluding hydrogens is 214 g/mol. The van der Waals surface area contributed by atoms with Crippen LogP contribution in [-0.4, -0.2) is 17.5 Å². The predicted octanol–water partition coefficient (Wildman–Crippen LogP) is 0.936. The van der Waals surface area contributed by atoms with Crippen molar-refractivity contribution >= 4 is 23.0 Å². The molecule has 1 aromatic rings. The zero-order valence-electron chi connectivity index (χ0n) is 8.60. The molecule has 0 fully saturated rings. The van der Waals surface area contributed by atoms with E-state index in [0.29, 0.717) is 0 Å². The lowest BCUT2D eigenvalue weighted by Crippen LogP contribution is -2.08. The fourth-order valence-electron chi connectivity index (χ4n) is 1.14. The lowest BCUT2D eigenvalue weighted by atomic mass is 10.1. The van der Waals surface area contributed by atoms with Crippen LogP contribution in [0.5, 0.6) is 0 Å². The number of benzene rings is 1. The summed E-state index contributed by atoms with van der Waals surface area (Å²) in [5.74, 6) is -0.669. The van der Waals surface area contributed by atoms with Crippen molar-refractivity contribution in [2.75, 3.05) is 18.1 Å². The molecule has 7 nitrogen and oxygen atoms in total. The highest BCUT2D eigenvalue weighted by Crippen LogP contribution is 2.29. The van der Waals surface area contributed by atoms with E-state index in [4.69, 9.17) is 16.2 Å². The predicted molar refractivity (Wildman–Crippen MR) is 57.9 cm³/mol. The molecule has 0 saturated heterocycles. The van der Waals surface area contributed by atoms with Gasteiger partial charge < -0.3 is 16.2 Å². The summed E-state index contributed by atoms with van der Waals surface area (Å²) in [6, 6.07) is 2.30. The fourth-order valence-corrected chi connectivity index (χ4v) is 1.14. The van der Waals surface area contributed by atoms with Gasteiger partial charge in [0.1, 0.15) is 5.69 Å². The van der Waals surface area contributed by atoms with Gasteiger partial charge in [-0.3, -0.25) is 10.1 Å². The molecule has 1 aromatic carbocycles. The van der Waals surface area contributed by atoms with Crippen molar-refractivity contribution in [2.24, 2.45) is 0 Å². The Morgan fingerprint density at radius 2 is 2.12 bits per heavy atom. The molecule has 0 saturated carbocycles. The van der Waals surface area contributed by atoms with E-state index < -0.39 is 16.6 Å². The van der Waals surface area contributed by atoms with Gasteiger partial charge in [-0.1, -0.05) is 0 Å². The van der Waals surface area contributed by atoms with Crippen LogP contribution in [0.25, 0.3) is 0 Å². The van der Waals surface area contributed by atoms with Crippen molar-refractivity contribution in [3.8, 4) is 0 Å². The van der Waals surface area contributed by atoms with Gasteiger partial charge in [-0.05, 0) is 13.0 Å². The Balaban J connectivity index is 3.24. The molecule has 0 unspecified atom stereocenters. The Morgan fingerprint density at radius 1 is 1.50 bits per heavy atom. The third kappa shape index (κ3) is 2.19. The van der Waals surface area contributed by atoms with E-state index >= 15 is 0 Å². The molecule has 7 heteroatoms. The summed E-state index contributed by atoms with van der Waals surface area (Å²) >= 11 is 0. The smallest absolute Gasteiger partial charge is 0.338 e. The number of hydrogen-bond acceptors (Lipinski definition) is 6. The Labute approximate surface area is 91.1 Å².